The van der Waals surface area contributed by atoms with E-state index < -0.39 is 0 Å². The van der Waals surface area contributed by atoms with Crippen LogP contribution in [0.5, 0.6) is 0 Å². The monoisotopic (exact) mass is 262 g/mol. The number of pyridine rings is 1. The van der Waals surface area contributed by atoms with Crippen molar-refractivity contribution < 1.29 is 5.21 Å². The zero-order valence-electron chi connectivity index (χ0n) is 9.95. The third-order valence-corrected chi connectivity index (χ3v) is 3.38. The van der Waals surface area contributed by atoms with Crippen molar-refractivity contribution in [3.8, 4) is 0 Å². The Morgan fingerprint density at radius 2 is 2.33 bits per heavy atom. The number of thiophene rings is 1. The van der Waals surface area contributed by atoms with E-state index in [4.69, 9.17) is 10.9 Å². The molecule has 94 valence electrons. The summed E-state index contributed by atoms with van der Waals surface area (Å²) in [5.41, 5.74) is 6.94. The molecular formula is C12H14N4OS. The number of anilines is 1. The zero-order valence-corrected chi connectivity index (χ0v) is 10.8. The number of rotatable bonds is 4. The van der Waals surface area contributed by atoms with Gasteiger partial charge in [0.05, 0.1) is 12.2 Å². The number of hydrogen-bond donors (Lipinski definition) is 2. The standard InChI is InChI=1S/C12H14N4OS/c1-16(8-9-4-3-7-18-9)10-5-2-6-14-11(10)12(13)15-17/h2-7,17H,8H2,1H3,(H2,13,15). The lowest BCUT2D eigenvalue weighted by atomic mass is 10.2. The van der Waals surface area contributed by atoms with E-state index in [1.54, 1.807) is 17.5 Å². The second kappa shape index (κ2) is 5.50. The molecule has 0 aliphatic heterocycles. The maximum absolute atomic E-state index is 8.76. The Hall–Kier alpha value is -2.08. The molecular weight excluding hydrogens is 248 g/mol. The fourth-order valence-corrected chi connectivity index (χ4v) is 2.43. The van der Waals surface area contributed by atoms with Crippen LogP contribution in [0.15, 0.2) is 41.0 Å². The first-order chi connectivity index (χ1) is 8.72. The minimum absolute atomic E-state index is 0.0172. The number of nitrogens with two attached hydrogens (primary N) is 1. The molecule has 2 rings (SSSR count). The van der Waals surface area contributed by atoms with Gasteiger partial charge in [0.1, 0.15) is 5.69 Å². The van der Waals surface area contributed by atoms with Gasteiger partial charge in [-0.15, -0.1) is 11.3 Å². The van der Waals surface area contributed by atoms with E-state index in [0.717, 1.165) is 12.2 Å². The van der Waals surface area contributed by atoms with E-state index in [9.17, 15) is 0 Å². The van der Waals surface area contributed by atoms with E-state index in [2.05, 4.69) is 16.2 Å². The highest BCUT2D eigenvalue weighted by molar-refractivity contribution is 7.09. The Morgan fingerprint density at radius 3 is 3.00 bits per heavy atom. The molecule has 0 bridgehead atoms. The summed E-state index contributed by atoms with van der Waals surface area (Å²) in [6.07, 6.45) is 1.62. The molecule has 0 aliphatic carbocycles. The van der Waals surface area contributed by atoms with E-state index in [1.807, 2.05) is 35.5 Å². The van der Waals surface area contributed by atoms with E-state index in [0.29, 0.717) is 5.69 Å². The van der Waals surface area contributed by atoms with Gasteiger partial charge in [-0.3, -0.25) is 4.98 Å². The molecule has 0 atom stereocenters. The molecule has 0 saturated carbocycles. The minimum atomic E-state index is 0.0172. The van der Waals surface area contributed by atoms with Crippen LogP contribution in [0.25, 0.3) is 0 Å². The highest BCUT2D eigenvalue weighted by Gasteiger charge is 2.12. The molecule has 5 nitrogen and oxygen atoms in total. The smallest absolute Gasteiger partial charge is 0.190 e. The molecule has 0 radical (unpaired) electrons. The molecule has 2 aromatic rings. The van der Waals surface area contributed by atoms with E-state index >= 15 is 0 Å². The van der Waals surface area contributed by atoms with E-state index in [-0.39, 0.29) is 5.84 Å². The average molecular weight is 262 g/mol. The molecule has 6 heteroatoms. The van der Waals surface area contributed by atoms with Gasteiger partial charge in [0.2, 0.25) is 0 Å². The number of nitrogens with zero attached hydrogens (tertiary/aromatic N) is 3. The summed E-state index contributed by atoms with van der Waals surface area (Å²) in [5.74, 6) is 0.0172. The molecule has 0 aliphatic rings. The van der Waals surface area contributed by atoms with Gasteiger partial charge < -0.3 is 15.8 Å². The van der Waals surface area contributed by atoms with Crippen molar-refractivity contribution in [1.82, 2.24) is 4.98 Å². The Morgan fingerprint density at radius 1 is 1.50 bits per heavy atom. The van der Waals surface area contributed by atoms with Gasteiger partial charge in [-0.1, -0.05) is 11.2 Å². The largest absolute Gasteiger partial charge is 0.409 e. The van der Waals surface area contributed by atoms with Crippen LogP contribution < -0.4 is 10.6 Å². The molecule has 0 amide bonds. The number of aromatic nitrogens is 1. The molecule has 0 saturated heterocycles. The van der Waals surface area contributed by atoms with Gasteiger partial charge in [-0.2, -0.15) is 0 Å². The maximum Gasteiger partial charge on any atom is 0.190 e. The van der Waals surface area contributed by atoms with Crippen molar-refractivity contribution in [2.75, 3.05) is 11.9 Å². The highest BCUT2D eigenvalue weighted by atomic mass is 32.1. The summed E-state index contributed by atoms with van der Waals surface area (Å²) in [6, 6.07) is 7.81. The van der Waals surface area contributed by atoms with Crippen LogP contribution in [0.3, 0.4) is 0 Å². The fourth-order valence-electron chi connectivity index (χ4n) is 1.67. The summed E-state index contributed by atoms with van der Waals surface area (Å²) in [5, 5.41) is 13.8. The molecule has 0 unspecified atom stereocenters. The van der Waals surface area contributed by atoms with Crippen LogP contribution >= 0.6 is 11.3 Å². The van der Waals surface area contributed by atoms with Crippen LogP contribution in [0.2, 0.25) is 0 Å². The van der Waals surface area contributed by atoms with Gasteiger partial charge in [-0.25, -0.2) is 0 Å². The molecule has 2 aromatic heterocycles. The van der Waals surface area contributed by atoms with Gasteiger partial charge in [0, 0.05) is 18.1 Å². The second-order valence-corrected chi connectivity index (χ2v) is 4.82. The fraction of sp³-hybridized carbons (Fsp3) is 0.167. The molecule has 3 N–H and O–H groups in total. The predicted octanol–water partition coefficient (Wildman–Crippen LogP) is 1.87. The quantitative estimate of drug-likeness (QED) is 0.382. The summed E-state index contributed by atoms with van der Waals surface area (Å²) >= 11 is 1.69. The lowest BCUT2D eigenvalue weighted by molar-refractivity contribution is 0.318. The Bertz CT molecular complexity index is 539. The summed E-state index contributed by atoms with van der Waals surface area (Å²) in [4.78, 5) is 7.41. The topological polar surface area (TPSA) is 74.7 Å². The SMILES string of the molecule is CN(Cc1cccs1)c1cccnc1/C(N)=N/O. The van der Waals surface area contributed by atoms with Gasteiger partial charge >= 0.3 is 0 Å². The third-order valence-electron chi connectivity index (χ3n) is 2.52. The normalized spacial score (nSPS) is 11.5. The molecule has 0 aromatic carbocycles. The van der Waals surface area contributed by atoms with Crippen LogP contribution in [-0.2, 0) is 6.54 Å². The lowest BCUT2D eigenvalue weighted by Crippen LogP contribution is -2.23. The number of oxime groups is 1. The van der Waals surface area contributed by atoms with Crippen LogP contribution in [0, 0.1) is 0 Å². The van der Waals surface area contributed by atoms with Crippen molar-refractivity contribution in [2.24, 2.45) is 10.9 Å². The van der Waals surface area contributed by atoms with Gasteiger partial charge in [-0.05, 0) is 23.6 Å². The number of amidine groups is 1. The number of hydrogen-bond acceptors (Lipinski definition) is 5. The minimum Gasteiger partial charge on any atom is -0.409 e. The highest BCUT2D eigenvalue weighted by Crippen LogP contribution is 2.20. The molecule has 18 heavy (non-hydrogen) atoms. The van der Waals surface area contributed by atoms with Crippen LogP contribution in [0.1, 0.15) is 10.6 Å². The van der Waals surface area contributed by atoms with Crippen LogP contribution in [0.4, 0.5) is 5.69 Å². The molecule has 0 fully saturated rings. The van der Waals surface area contributed by atoms with Crippen molar-refractivity contribution in [3.63, 3.8) is 0 Å². The summed E-state index contributed by atoms with van der Waals surface area (Å²) in [6.45, 7) is 0.759. The predicted molar refractivity (Wildman–Crippen MR) is 73.2 cm³/mol. The van der Waals surface area contributed by atoms with Crippen molar-refractivity contribution in [2.45, 2.75) is 6.54 Å². The van der Waals surface area contributed by atoms with Gasteiger partial charge in [0.25, 0.3) is 0 Å². The average Bonchev–Trinajstić information content (AvgIpc) is 2.90. The van der Waals surface area contributed by atoms with Gasteiger partial charge in [0.15, 0.2) is 5.84 Å². The Balaban J connectivity index is 2.27. The molecule has 2 heterocycles. The van der Waals surface area contributed by atoms with Crippen LogP contribution in [-0.4, -0.2) is 23.1 Å². The summed E-state index contributed by atoms with van der Waals surface area (Å²) < 4.78 is 0. The lowest BCUT2D eigenvalue weighted by Gasteiger charge is -2.20. The molecule has 0 spiro atoms. The summed E-state index contributed by atoms with van der Waals surface area (Å²) in [7, 11) is 1.95. The first kappa shape index (κ1) is 12.4. The van der Waals surface area contributed by atoms with Crippen molar-refractivity contribution in [3.05, 3.63) is 46.4 Å². The van der Waals surface area contributed by atoms with Crippen molar-refractivity contribution >= 4 is 22.9 Å². The maximum atomic E-state index is 8.76. The van der Waals surface area contributed by atoms with Crippen molar-refractivity contribution in [1.29, 1.82) is 0 Å². The first-order valence-electron chi connectivity index (χ1n) is 5.39. The first-order valence-corrected chi connectivity index (χ1v) is 6.26. The van der Waals surface area contributed by atoms with E-state index in [1.165, 1.54) is 4.88 Å². The Labute approximate surface area is 109 Å². The third kappa shape index (κ3) is 2.60. The Kier molecular flexibility index (Phi) is 3.78. The second-order valence-electron chi connectivity index (χ2n) is 3.79. The zero-order chi connectivity index (χ0) is 13.0.